The van der Waals surface area contributed by atoms with E-state index in [9.17, 15) is 22.0 Å². The third-order valence-electron chi connectivity index (χ3n) is 5.49. The number of carbonyl (C=O) groups is 1. The van der Waals surface area contributed by atoms with E-state index in [1.807, 2.05) is 26.0 Å². The molecule has 1 fully saturated rings. The van der Waals surface area contributed by atoms with E-state index in [0.29, 0.717) is 11.5 Å². The molecule has 2 aromatic carbocycles. The van der Waals surface area contributed by atoms with Crippen LogP contribution in [0, 0.1) is 11.6 Å². The number of amides is 2. The molecule has 0 radical (unpaired) electrons. The number of nitrogens with one attached hydrogen (secondary N) is 1. The van der Waals surface area contributed by atoms with E-state index >= 15 is 0 Å². The van der Waals surface area contributed by atoms with Gasteiger partial charge in [-0.05, 0) is 48.2 Å². The normalized spacial score (nSPS) is 16.4. The van der Waals surface area contributed by atoms with Crippen LogP contribution in [0.2, 0.25) is 0 Å². The van der Waals surface area contributed by atoms with E-state index in [4.69, 9.17) is 0 Å². The van der Waals surface area contributed by atoms with E-state index in [2.05, 4.69) is 5.32 Å². The smallest absolute Gasteiger partial charge is 0.317 e. The highest BCUT2D eigenvalue weighted by molar-refractivity contribution is 7.89. The van der Waals surface area contributed by atoms with Crippen LogP contribution in [0.5, 0.6) is 0 Å². The molecule has 1 N–H and O–H groups in total. The average Bonchev–Trinajstić information content (AvgIpc) is 2.75. The van der Waals surface area contributed by atoms with Crippen molar-refractivity contribution >= 4 is 16.1 Å². The van der Waals surface area contributed by atoms with Crippen molar-refractivity contribution in [1.29, 1.82) is 0 Å². The van der Waals surface area contributed by atoms with Gasteiger partial charge in [-0.2, -0.15) is 4.31 Å². The van der Waals surface area contributed by atoms with Gasteiger partial charge in [0.2, 0.25) is 10.0 Å². The molecule has 1 saturated heterocycles. The number of sulfonamides is 1. The van der Waals surface area contributed by atoms with E-state index < -0.39 is 27.7 Å². The summed E-state index contributed by atoms with van der Waals surface area (Å²) in [7, 11) is -3.63. The number of carbonyl (C=O) groups excluding carboxylic acids is 1. The van der Waals surface area contributed by atoms with Crippen LogP contribution in [-0.4, -0.2) is 49.8 Å². The second-order valence-electron chi connectivity index (χ2n) is 7.96. The Bertz CT molecular complexity index is 1030. The van der Waals surface area contributed by atoms with Crippen molar-refractivity contribution in [3.63, 3.8) is 0 Å². The van der Waals surface area contributed by atoms with E-state index in [0.717, 1.165) is 17.7 Å². The molecule has 2 amide bonds. The fourth-order valence-corrected chi connectivity index (χ4v) is 4.87. The summed E-state index contributed by atoms with van der Waals surface area (Å²) in [6, 6.07) is 9.46. The molecule has 3 rings (SSSR count). The molecule has 0 bridgehead atoms. The first-order valence-corrected chi connectivity index (χ1v) is 11.6. The number of benzene rings is 2. The lowest BCUT2D eigenvalue weighted by Crippen LogP contribution is -2.53. The van der Waals surface area contributed by atoms with Gasteiger partial charge in [-0.25, -0.2) is 22.0 Å². The lowest BCUT2D eigenvalue weighted by Gasteiger charge is -2.34. The maximum atomic E-state index is 13.4. The van der Waals surface area contributed by atoms with E-state index in [1.165, 1.54) is 15.3 Å². The zero-order valence-corrected chi connectivity index (χ0v) is 18.6. The van der Waals surface area contributed by atoms with Gasteiger partial charge in [-0.15, -0.1) is 0 Å². The van der Waals surface area contributed by atoms with Crippen molar-refractivity contribution in [2.75, 3.05) is 26.2 Å². The van der Waals surface area contributed by atoms with Gasteiger partial charge < -0.3 is 10.2 Å². The topological polar surface area (TPSA) is 69.7 Å². The van der Waals surface area contributed by atoms with Crippen LogP contribution in [0.4, 0.5) is 13.6 Å². The first kappa shape index (κ1) is 23.1. The molecule has 6 nitrogen and oxygen atoms in total. The first-order chi connectivity index (χ1) is 14.6. The van der Waals surface area contributed by atoms with Crippen molar-refractivity contribution in [2.24, 2.45) is 0 Å². The molecule has 168 valence electrons. The fourth-order valence-electron chi connectivity index (χ4n) is 3.45. The molecular formula is C22H27F2N3O3S. The highest BCUT2D eigenvalue weighted by atomic mass is 32.2. The number of hydrogen-bond donors (Lipinski definition) is 1. The monoisotopic (exact) mass is 451 g/mol. The first-order valence-electron chi connectivity index (χ1n) is 10.2. The van der Waals surface area contributed by atoms with Crippen LogP contribution < -0.4 is 5.32 Å². The molecule has 9 heteroatoms. The lowest BCUT2D eigenvalue weighted by molar-refractivity contribution is 0.169. The minimum Gasteiger partial charge on any atom is -0.331 e. The van der Waals surface area contributed by atoms with Gasteiger partial charge in [0.15, 0.2) is 11.6 Å². The Kier molecular flexibility index (Phi) is 6.96. The summed E-state index contributed by atoms with van der Waals surface area (Å²) in [5, 5.41) is 2.74. The van der Waals surface area contributed by atoms with Gasteiger partial charge in [0.1, 0.15) is 0 Å². The van der Waals surface area contributed by atoms with Crippen LogP contribution in [-0.2, 0) is 10.0 Å². The Morgan fingerprint density at radius 1 is 0.903 bits per heavy atom. The van der Waals surface area contributed by atoms with Gasteiger partial charge in [0.25, 0.3) is 0 Å². The molecule has 0 aromatic heterocycles. The minimum atomic E-state index is -3.63. The molecule has 1 unspecified atom stereocenters. The van der Waals surface area contributed by atoms with E-state index in [-0.39, 0.29) is 37.1 Å². The summed E-state index contributed by atoms with van der Waals surface area (Å²) in [5.41, 5.74) is 1.51. The molecule has 0 saturated carbocycles. The van der Waals surface area contributed by atoms with Gasteiger partial charge in [0.05, 0.1) is 10.9 Å². The summed E-state index contributed by atoms with van der Waals surface area (Å²) >= 11 is 0. The van der Waals surface area contributed by atoms with Crippen molar-refractivity contribution in [3.05, 3.63) is 65.2 Å². The summed E-state index contributed by atoms with van der Waals surface area (Å²) in [4.78, 5) is 14.3. The highest BCUT2D eigenvalue weighted by Gasteiger charge is 2.30. The summed E-state index contributed by atoms with van der Waals surface area (Å²) < 4.78 is 53.7. The number of nitrogens with zero attached hydrogens (tertiary/aromatic N) is 2. The number of hydrogen-bond acceptors (Lipinski definition) is 3. The van der Waals surface area contributed by atoms with E-state index in [1.54, 1.807) is 19.1 Å². The maximum absolute atomic E-state index is 13.4. The molecule has 31 heavy (non-hydrogen) atoms. The van der Waals surface area contributed by atoms with Crippen LogP contribution in [0.15, 0.2) is 47.4 Å². The SMILES string of the molecule is CC(C)c1ccc(S(=O)(=O)N2CCN(C(=O)NC(C)c3ccc(F)c(F)c3)CC2)cc1. The summed E-state index contributed by atoms with van der Waals surface area (Å²) in [5.74, 6) is -1.61. The Morgan fingerprint density at radius 3 is 2.03 bits per heavy atom. The maximum Gasteiger partial charge on any atom is 0.317 e. The summed E-state index contributed by atoms with van der Waals surface area (Å²) in [6.45, 7) is 6.59. The van der Waals surface area contributed by atoms with Gasteiger partial charge in [-0.1, -0.05) is 32.0 Å². The molecular weight excluding hydrogens is 424 g/mol. The lowest BCUT2D eigenvalue weighted by atomic mass is 10.0. The number of halogens is 2. The second kappa shape index (κ2) is 9.32. The molecule has 0 spiro atoms. The predicted molar refractivity (Wildman–Crippen MR) is 114 cm³/mol. The number of rotatable bonds is 5. The number of urea groups is 1. The van der Waals surface area contributed by atoms with Crippen LogP contribution in [0.3, 0.4) is 0 Å². The van der Waals surface area contributed by atoms with Crippen LogP contribution in [0.25, 0.3) is 0 Å². The Hall–Kier alpha value is -2.52. The third-order valence-corrected chi connectivity index (χ3v) is 7.41. The standard InChI is InChI=1S/C22H27F2N3O3S/c1-15(2)17-4-7-19(8-5-17)31(29,30)27-12-10-26(11-13-27)22(28)25-16(3)18-6-9-20(23)21(24)14-18/h4-9,14-16H,10-13H2,1-3H3,(H,25,28). The largest absolute Gasteiger partial charge is 0.331 e. The van der Waals surface area contributed by atoms with Crippen molar-refractivity contribution in [3.8, 4) is 0 Å². The van der Waals surface area contributed by atoms with Crippen molar-refractivity contribution in [2.45, 2.75) is 37.6 Å². The summed E-state index contributed by atoms with van der Waals surface area (Å²) in [6.07, 6.45) is 0. The van der Waals surface area contributed by atoms with Gasteiger partial charge in [-0.3, -0.25) is 0 Å². The Morgan fingerprint density at radius 2 is 1.48 bits per heavy atom. The molecule has 0 aliphatic carbocycles. The van der Waals surface area contributed by atoms with Gasteiger partial charge >= 0.3 is 6.03 Å². The van der Waals surface area contributed by atoms with Crippen molar-refractivity contribution in [1.82, 2.24) is 14.5 Å². The Labute approximate surface area is 181 Å². The zero-order valence-electron chi connectivity index (χ0n) is 17.8. The number of piperazine rings is 1. The molecule has 1 aliphatic heterocycles. The van der Waals surface area contributed by atoms with Gasteiger partial charge in [0, 0.05) is 26.2 Å². The molecule has 1 aliphatic rings. The molecule has 2 aromatic rings. The highest BCUT2D eigenvalue weighted by Crippen LogP contribution is 2.22. The van der Waals surface area contributed by atoms with Crippen LogP contribution in [0.1, 0.15) is 43.9 Å². The fraction of sp³-hybridized carbons (Fsp3) is 0.409. The van der Waals surface area contributed by atoms with Crippen LogP contribution >= 0.6 is 0 Å². The second-order valence-corrected chi connectivity index (χ2v) is 9.90. The Balaban J connectivity index is 1.59. The zero-order chi connectivity index (χ0) is 22.8. The predicted octanol–water partition coefficient (Wildman–Crippen LogP) is 3.87. The average molecular weight is 452 g/mol. The van der Waals surface area contributed by atoms with Crippen molar-refractivity contribution < 1.29 is 22.0 Å². The third kappa shape index (κ3) is 5.22. The quantitative estimate of drug-likeness (QED) is 0.751. The minimum absolute atomic E-state index is 0.182. The molecule has 1 heterocycles. The molecule has 1 atom stereocenters.